The predicted molar refractivity (Wildman–Crippen MR) is 66.2 cm³/mol. The molecule has 1 aromatic carbocycles. The molecular formula is C14H16N2O. The van der Waals surface area contributed by atoms with Gasteiger partial charge in [0, 0.05) is 31.3 Å². The van der Waals surface area contributed by atoms with Gasteiger partial charge in [0.25, 0.3) is 0 Å². The Morgan fingerprint density at radius 2 is 2.00 bits per heavy atom. The molecule has 1 aromatic rings. The average Bonchev–Trinajstić information content (AvgIpc) is 2.40. The van der Waals surface area contributed by atoms with Gasteiger partial charge in [0.1, 0.15) is 0 Å². The van der Waals surface area contributed by atoms with E-state index in [9.17, 15) is 0 Å². The molecule has 0 atom stereocenters. The molecule has 0 bridgehead atoms. The Morgan fingerprint density at radius 1 is 1.29 bits per heavy atom. The second-order valence-electron chi connectivity index (χ2n) is 4.08. The van der Waals surface area contributed by atoms with Gasteiger partial charge in [-0.2, -0.15) is 5.26 Å². The molecular weight excluding hydrogens is 212 g/mol. The molecule has 1 aliphatic rings. The monoisotopic (exact) mass is 228 g/mol. The normalized spacial score (nSPS) is 16.6. The maximum absolute atomic E-state index is 9.14. The van der Waals surface area contributed by atoms with Crippen LogP contribution in [-0.4, -0.2) is 31.2 Å². The van der Waals surface area contributed by atoms with E-state index >= 15 is 0 Å². The van der Waals surface area contributed by atoms with Crippen LogP contribution in [0.15, 0.2) is 42.1 Å². The number of nitriles is 1. The highest BCUT2D eigenvalue weighted by molar-refractivity contribution is 5.29. The van der Waals surface area contributed by atoms with Crippen molar-refractivity contribution in [3.63, 3.8) is 0 Å². The standard InChI is InChI=1S/C14H16N2O/c15-11-14(10-13-4-2-1-3-5-13)12-16-6-8-17-9-7-16/h1-5,12H,6-10H2. The van der Waals surface area contributed by atoms with E-state index in [1.54, 1.807) is 0 Å². The van der Waals surface area contributed by atoms with Crippen molar-refractivity contribution in [1.29, 1.82) is 5.26 Å². The number of hydrogen-bond acceptors (Lipinski definition) is 3. The molecule has 0 amide bonds. The van der Waals surface area contributed by atoms with Crippen molar-refractivity contribution in [3.05, 3.63) is 47.7 Å². The Labute approximate surface area is 102 Å². The van der Waals surface area contributed by atoms with Gasteiger partial charge < -0.3 is 9.64 Å². The van der Waals surface area contributed by atoms with Gasteiger partial charge in [-0.05, 0) is 5.56 Å². The molecule has 0 saturated carbocycles. The van der Waals surface area contributed by atoms with Crippen LogP contribution >= 0.6 is 0 Å². The van der Waals surface area contributed by atoms with Crippen molar-refractivity contribution < 1.29 is 4.74 Å². The van der Waals surface area contributed by atoms with Crippen LogP contribution in [0.2, 0.25) is 0 Å². The molecule has 17 heavy (non-hydrogen) atoms. The van der Waals surface area contributed by atoms with Crippen LogP contribution in [0.3, 0.4) is 0 Å². The number of nitrogens with zero attached hydrogens (tertiary/aromatic N) is 2. The number of ether oxygens (including phenoxy) is 1. The van der Waals surface area contributed by atoms with Gasteiger partial charge in [-0.15, -0.1) is 0 Å². The summed E-state index contributed by atoms with van der Waals surface area (Å²) in [6.45, 7) is 3.25. The fraction of sp³-hybridized carbons (Fsp3) is 0.357. The van der Waals surface area contributed by atoms with Crippen LogP contribution in [0.1, 0.15) is 5.56 Å². The van der Waals surface area contributed by atoms with Gasteiger partial charge in [-0.25, -0.2) is 0 Å². The predicted octanol–water partition coefficient (Wildman–Crippen LogP) is 1.97. The summed E-state index contributed by atoms with van der Waals surface area (Å²) in [5.74, 6) is 0. The van der Waals surface area contributed by atoms with E-state index in [2.05, 4.69) is 11.0 Å². The van der Waals surface area contributed by atoms with E-state index in [0.29, 0.717) is 6.42 Å². The largest absolute Gasteiger partial charge is 0.378 e. The highest BCUT2D eigenvalue weighted by atomic mass is 16.5. The molecule has 1 heterocycles. The maximum Gasteiger partial charge on any atom is 0.0965 e. The Balaban J connectivity index is 2.01. The summed E-state index contributed by atoms with van der Waals surface area (Å²) in [6.07, 6.45) is 2.67. The molecule has 88 valence electrons. The first-order valence-electron chi connectivity index (χ1n) is 5.85. The highest BCUT2D eigenvalue weighted by Crippen LogP contribution is 2.09. The number of morpholine rings is 1. The summed E-state index contributed by atoms with van der Waals surface area (Å²) >= 11 is 0. The molecule has 0 spiro atoms. The zero-order valence-electron chi connectivity index (χ0n) is 9.80. The van der Waals surface area contributed by atoms with E-state index < -0.39 is 0 Å². The Hall–Kier alpha value is -1.79. The van der Waals surface area contributed by atoms with Crippen LogP contribution in [0.25, 0.3) is 0 Å². The third-order valence-electron chi connectivity index (χ3n) is 2.77. The van der Waals surface area contributed by atoms with E-state index in [-0.39, 0.29) is 0 Å². The second-order valence-corrected chi connectivity index (χ2v) is 4.08. The number of rotatable bonds is 3. The lowest BCUT2D eigenvalue weighted by molar-refractivity contribution is 0.0591. The van der Waals surface area contributed by atoms with Gasteiger partial charge in [0.2, 0.25) is 0 Å². The van der Waals surface area contributed by atoms with Crippen LogP contribution in [0.4, 0.5) is 0 Å². The van der Waals surface area contributed by atoms with Crippen molar-refractivity contribution in [2.24, 2.45) is 0 Å². The minimum absolute atomic E-state index is 0.703. The lowest BCUT2D eigenvalue weighted by Gasteiger charge is -2.25. The number of allylic oxidation sites excluding steroid dienone is 1. The van der Waals surface area contributed by atoms with Gasteiger partial charge >= 0.3 is 0 Å². The molecule has 3 heteroatoms. The van der Waals surface area contributed by atoms with Crippen molar-refractivity contribution in [3.8, 4) is 6.07 Å². The maximum atomic E-state index is 9.14. The molecule has 3 nitrogen and oxygen atoms in total. The van der Waals surface area contributed by atoms with Gasteiger partial charge in [0.05, 0.1) is 19.3 Å². The fourth-order valence-electron chi connectivity index (χ4n) is 1.86. The Kier molecular flexibility index (Phi) is 4.17. The smallest absolute Gasteiger partial charge is 0.0965 e. The minimum Gasteiger partial charge on any atom is -0.378 e. The van der Waals surface area contributed by atoms with Crippen molar-refractivity contribution in [1.82, 2.24) is 4.90 Å². The second kappa shape index (κ2) is 6.07. The molecule has 1 fully saturated rings. The summed E-state index contributed by atoms with van der Waals surface area (Å²) in [5.41, 5.74) is 1.98. The SMILES string of the molecule is N#CC(=CN1CCOCC1)Cc1ccccc1. The highest BCUT2D eigenvalue weighted by Gasteiger charge is 2.08. The van der Waals surface area contributed by atoms with Crippen LogP contribution < -0.4 is 0 Å². The molecule has 1 aliphatic heterocycles. The Morgan fingerprint density at radius 3 is 2.65 bits per heavy atom. The average molecular weight is 228 g/mol. The van der Waals surface area contributed by atoms with Gasteiger partial charge in [0.15, 0.2) is 0 Å². The van der Waals surface area contributed by atoms with Crippen molar-refractivity contribution in [2.75, 3.05) is 26.3 Å². The van der Waals surface area contributed by atoms with E-state index in [4.69, 9.17) is 10.00 Å². The molecule has 0 aliphatic carbocycles. The zero-order valence-corrected chi connectivity index (χ0v) is 9.80. The molecule has 0 radical (unpaired) electrons. The minimum atomic E-state index is 0.703. The first-order chi connectivity index (χ1) is 8.38. The van der Waals surface area contributed by atoms with Gasteiger partial charge in [-0.1, -0.05) is 30.3 Å². The summed E-state index contributed by atoms with van der Waals surface area (Å²) < 4.78 is 5.28. The van der Waals surface area contributed by atoms with Crippen molar-refractivity contribution >= 4 is 0 Å². The van der Waals surface area contributed by atoms with E-state index in [1.807, 2.05) is 36.5 Å². The van der Waals surface area contributed by atoms with Crippen molar-refractivity contribution in [2.45, 2.75) is 6.42 Å². The fourth-order valence-corrected chi connectivity index (χ4v) is 1.86. The molecule has 0 aromatic heterocycles. The van der Waals surface area contributed by atoms with E-state index in [1.165, 1.54) is 5.56 Å². The molecule has 1 saturated heterocycles. The number of hydrogen-bond donors (Lipinski definition) is 0. The van der Waals surface area contributed by atoms with Crippen LogP contribution in [0, 0.1) is 11.3 Å². The van der Waals surface area contributed by atoms with Crippen LogP contribution in [0.5, 0.6) is 0 Å². The van der Waals surface area contributed by atoms with Gasteiger partial charge in [-0.3, -0.25) is 0 Å². The summed E-state index contributed by atoms with van der Waals surface area (Å²) in [7, 11) is 0. The Bertz CT molecular complexity index is 414. The molecule has 0 N–H and O–H groups in total. The summed E-state index contributed by atoms with van der Waals surface area (Å²) in [6, 6.07) is 12.4. The lowest BCUT2D eigenvalue weighted by Crippen LogP contribution is -2.32. The number of benzene rings is 1. The first-order valence-corrected chi connectivity index (χ1v) is 5.85. The van der Waals surface area contributed by atoms with Crippen LogP contribution in [-0.2, 0) is 11.2 Å². The zero-order chi connectivity index (χ0) is 11.9. The quantitative estimate of drug-likeness (QED) is 0.742. The topological polar surface area (TPSA) is 36.3 Å². The third kappa shape index (κ3) is 3.61. The molecule has 2 rings (SSSR count). The molecule has 0 unspecified atom stereocenters. The lowest BCUT2D eigenvalue weighted by atomic mass is 10.1. The third-order valence-corrected chi connectivity index (χ3v) is 2.77. The summed E-state index contributed by atoms with van der Waals surface area (Å²) in [5, 5.41) is 9.14. The van der Waals surface area contributed by atoms with E-state index in [0.717, 1.165) is 31.9 Å². The first kappa shape index (κ1) is 11.7. The summed E-state index contributed by atoms with van der Waals surface area (Å²) in [4.78, 5) is 2.16.